The van der Waals surface area contributed by atoms with Crippen molar-refractivity contribution in [1.82, 2.24) is 19.9 Å². The lowest BCUT2D eigenvalue weighted by molar-refractivity contribution is 0.122. The zero-order valence-electron chi connectivity index (χ0n) is 18.2. The van der Waals surface area contributed by atoms with Crippen molar-refractivity contribution in [1.29, 1.82) is 0 Å². The molecule has 1 aromatic carbocycles. The number of aromatic nitrogens is 4. The van der Waals surface area contributed by atoms with Crippen molar-refractivity contribution in [2.24, 2.45) is 0 Å². The predicted octanol–water partition coefficient (Wildman–Crippen LogP) is 2.11. The first-order valence-corrected chi connectivity index (χ1v) is 10.9. The minimum atomic E-state index is 0.745. The van der Waals surface area contributed by atoms with Crippen LogP contribution in [0.15, 0.2) is 49.1 Å². The van der Waals surface area contributed by atoms with Crippen LogP contribution in [0, 0.1) is 0 Å². The van der Waals surface area contributed by atoms with Crippen LogP contribution in [0.5, 0.6) is 5.75 Å². The summed E-state index contributed by atoms with van der Waals surface area (Å²) < 4.78 is 10.7. The van der Waals surface area contributed by atoms with Crippen LogP contribution in [-0.4, -0.2) is 79.5 Å². The zero-order chi connectivity index (χ0) is 21.8. The fourth-order valence-corrected chi connectivity index (χ4v) is 4.08. The minimum absolute atomic E-state index is 0.745. The van der Waals surface area contributed by atoms with Gasteiger partial charge in [0.25, 0.3) is 0 Å². The Hall–Kier alpha value is -3.46. The van der Waals surface area contributed by atoms with Gasteiger partial charge in [-0.15, -0.1) is 0 Å². The number of hydrogen-bond acceptors (Lipinski definition) is 9. The van der Waals surface area contributed by atoms with Crippen LogP contribution in [0.1, 0.15) is 0 Å². The molecular weight excluding hydrogens is 406 g/mol. The van der Waals surface area contributed by atoms with E-state index in [2.05, 4.69) is 46.8 Å². The molecule has 2 aliphatic rings. The molecule has 0 atom stereocenters. The van der Waals surface area contributed by atoms with Gasteiger partial charge in [-0.3, -0.25) is 0 Å². The van der Waals surface area contributed by atoms with E-state index in [1.807, 2.05) is 24.3 Å². The third-order valence-corrected chi connectivity index (χ3v) is 5.94. The maximum atomic E-state index is 5.45. The second kappa shape index (κ2) is 9.35. The first-order valence-electron chi connectivity index (χ1n) is 10.9. The number of ether oxygens (including phenoxy) is 2. The summed E-state index contributed by atoms with van der Waals surface area (Å²) in [5, 5.41) is 0. The topological polar surface area (TPSA) is 79.7 Å². The Bertz CT molecular complexity index is 1030. The Kier molecular flexibility index (Phi) is 5.98. The molecule has 2 aliphatic heterocycles. The van der Waals surface area contributed by atoms with Gasteiger partial charge < -0.3 is 24.2 Å². The van der Waals surface area contributed by atoms with Gasteiger partial charge in [0.1, 0.15) is 35.9 Å². The summed E-state index contributed by atoms with van der Waals surface area (Å²) in [4.78, 5) is 24.8. The molecule has 0 N–H and O–H groups in total. The molecule has 0 aliphatic carbocycles. The van der Waals surface area contributed by atoms with E-state index < -0.39 is 0 Å². The van der Waals surface area contributed by atoms with Gasteiger partial charge in [-0.25, -0.2) is 19.9 Å². The fraction of sp³-hybridized carbons (Fsp3) is 0.391. The van der Waals surface area contributed by atoms with Crippen molar-refractivity contribution in [2.75, 3.05) is 74.3 Å². The van der Waals surface area contributed by atoms with Gasteiger partial charge in [-0.2, -0.15) is 0 Å². The van der Waals surface area contributed by atoms with Gasteiger partial charge >= 0.3 is 0 Å². The highest BCUT2D eigenvalue weighted by molar-refractivity contribution is 5.63. The fourth-order valence-electron chi connectivity index (χ4n) is 4.08. The van der Waals surface area contributed by atoms with Gasteiger partial charge in [0.05, 0.1) is 26.0 Å². The number of nitrogens with zero attached hydrogens (tertiary/aromatic N) is 7. The monoisotopic (exact) mass is 433 g/mol. The molecule has 166 valence electrons. The SMILES string of the molecule is COc1ccc(-c2cc(N3CCN(c4cc(N5CCOCC5)ncn4)CC3)ncn2)cc1. The van der Waals surface area contributed by atoms with E-state index in [-0.39, 0.29) is 0 Å². The summed E-state index contributed by atoms with van der Waals surface area (Å²) in [5.41, 5.74) is 1.95. The van der Waals surface area contributed by atoms with E-state index in [1.165, 1.54) is 0 Å². The van der Waals surface area contributed by atoms with Crippen LogP contribution in [0.2, 0.25) is 0 Å². The molecule has 32 heavy (non-hydrogen) atoms. The van der Waals surface area contributed by atoms with Crippen LogP contribution < -0.4 is 19.4 Å². The lowest BCUT2D eigenvalue weighted by Crippen LogP contribution is -2.47. The normalized spacial score (nSPS) is 16.8. The second-order valence-corrected chi connectivity index (χ2v) is 7.80. The summed E-state index contributed by atoms with van der Waals surface area (Å²) in [6.07, 6.45) is 3.30. The van der Waals surface area contributed by atoms with E-state index >= 15 is 0 Å². The van der Waals surface area contributed by atoms with E-state index in [0.717, 1.165) is 86.9 Å². The van der Waals surface area contributed by atoms with Gasteiger partial charge in [0.2, 0.25) is 0 Å². The number of hydrogen-bond donors (Lipinski definition) is 0. The Morgan fingerprint density at radius 1 is 0.688 bits per heavy atom. The molecule has 5 rings (SSSR count). The van der Waals surface area contributed by atoms with Crippen molar-refractivity contribution in [2.45, 2.75) is 0 Å². The Morgan fingerprint density at radius 3 is 1.81 bits per heavy atom. The summed E-state index contributed by atoms with van der Waals surface area (Å²) in [6.45, 7) is 6.72. The molecule has 2 saturated heterocycles. The summed E-state index contributed by atoms with van der Waals surface area (Å²) in [6, 6.07) is 12.1. The highest BCUT2D eigenvalue weighted by Crippen LogP contribution is 2.25. The molecule has 2 fully saturated rings. The third kappa shape index (κ3) is 4.43. The molecule has 0 spiro atoms. The molecule has 3 aromatic rings. The van der Waals surface area contributed by atoms with Crippen LogP contribution in [-0.2, 0) is 4.74 Å². The minimum Gasteiger partial charge on any atom is -0.497 e. The number of rotatable bonds is 5. The molecule has 2 aromatic heterocycles. The highest BCUT2D eigenvalue weighted by Gasteiger charge is 2.21. The van der Waals surface area contributed by atoms with Crippen molar-refractivity contribution in [3.8, 4) is 17.0 Å². The smallest absolute Gasteiger partial charge is 0.134 e. The van der Waals surface area contributed by atoms with E-state index in [1.54, 1.807) is 19.8 Å². The van der Waals surface area contributed by atoms with Crippen molar-refractivity contribution < 1.29 is 9.47 Å². The Labute approximate surface area is 187 Å². The van der Waals surface area contributed by atoms with Crippen LogP contribution in [0.25, 0.3) is 11.3 Å². The first-order chi connectivity index (χ1) is 15.8. The average molecular weight is 434 g/mol. The lowest BCUT2D eigenvalue weighted by Gasteiger charge is -2.36. The molecule has 0 bridgehead atoms. The first kappa shape index (κ1) is 20.4. The summed E-state index contributed by atoms with van der Waals surface area (Å²) in [7, 11) is 1.67. The molecular formula is C23H27N7O2. The van der Waals surface area contributed by atoms with E-state index in [4.69, 9.17) is 9.47 Å². The highest BCUT2D eigenvalue weighted by atomic mass is 16.5. The number of morpholine rings is 1. The van der Waals surface area contributed by atoms with Gasteiger partial charge in [-0.1, -0.05) is 0 Å². The molecule has 0 unspecified atom stereocenters. The molecule has 0 amide bonds. The van der Waals surface area contributed by atoms with Crippen LogP contribution >= 0.6 is 0 Å². The molecule has 0 saturated carbocycles. The number of anilines is 3. The Balaban J connectivity index is 1.25. The quantitative estimate of drug-likeness (QED) is 0.601. The van der Waals surface area contributed by atoms with Crippen LogP contribution in [0.4, 0.5) is 17.5 Å². The molecule has 4 heterocycles. The van der Waals surface area contributed by atoms with E-state index in [9.17, 15) is 0 Å². The lowest BCUT2D eigenvalue weighted by atomic mass is 10.1. The zero-order valence-corrected chi connectivity index (χ0v) is 18.2. The third-order valence-electron chi connectivity index (χ3n) is 5.94. The van der Waals surface area contributed by atoms with Gasteiger partial charge in [0.15, 0.2) is 0 Å². The predicted molar refractivity (Wildman–Crippen MR) is 124 cm³/mol. The summed E-state index contributed by atoms with van der Waals surface area (Å²) in [5.74, 6) is 3.73. The molecule has 0 radical (unpaired) electrons. The number of methoxy groups -OCH3 is 1. The second-order valence-electron chi connectivity index (χ2n) is 7.80. The standard InChI is InChI=1S/C23H27N7O2/c1-31-19-4-2-18(3-5-19)20-14-21(25-16-24-20)28-6-8-29(9-7-28)22-15-23(27-17-26-22)30-10-12-32-13-11-30/h2-5,14-17H,6-13H2,1H3. The number of piperazine rings is 1. The van der Waals surface area contributed by atoms with Crippen LogP contribution in [0.3, 0.4) is 0 Å². The summed E-state index contributed by atoms with van der Waals surface area (Å²) >= 11 is 0. The maximum absolute atomic E-state index is 5.45. The maximum Gasteiger partial charge on any atom is 0.134 e. The largest absolute Gasteiger partial charge is 0.497 e. The van der Waals surface area contributed by atoms with Crippen molar-refractivity contribution >= 4 is 17.5 Å². The van der Waals surface area contributed by atoms with Gasteiger partial charge in [0, 0.05) is 57.0 Å². The average Bonchev–Trinajstić information content (AvgIpc) is 2.89. The number of benzene rings is 1. The molecule has 9 nitrogen and oxygen atoms in total. The van der Waals surface area contributed by atoms with Crippen molar-refractivity contribution in [3.05, 3.63) is 49.1 Å². The van der Waals surface area contributed by atoms with E-state index in [0.29, 0.717) is 0 Å². The van der Waals surface area contributed by atoms with Crippen molar-refractivity contribution in [3.63, 3.8) is 0 Å². The molecule has 9 heteroatoms. The Morgan fingerprint density at radius 2 is 1.22 bits per heavy atom. The van der Waals surface area contributed by atoms with Gasteiger partial charge in [-0.05, 0) is 24.3 Å².